The Morgan fingerprint density at radius 1 is 0.577 bits per heavy atom. The Hall–Kier alpha value is -0.900. The van der Waals surface area contributed by atoms with Crippen LogP contribution in [-0.4, -0.2) is 26.6 Å². The molecule has 0 radical (unpaired) electrons. The third-order valence-electron chi connectivity index (χ3n) is 4.24. The molecule has 0 aliphatic rings. The van der Waals surface area contributed by atoms with Crippen molar-refractivity contribution in [1.82, 2.24) is 0 Å². The standard InChI is InChI=1S/C22H44O4/c1-5-9-11-12-13-14-15-17-19-23-20-26-22(25-8-4)21(24-7-3)18-16-10-6-2/h5-20H2,1-4H3. The zero-order valence-corrected chi connectivity index (χ0v) is 17.9. The molecular formula is C22H44O4. The van der Waals surface area contributed by atoms with E-state index in [0.29, 0.717) is 19.2 Å². The summed E-state index contributed by atoms with van der Waals surface area (Å²) in [6.07, 6.45) is 14.8. The van der Waals surface area contributed by atoms with Crippen LogP contribution in [0.4, 0.5) is 0 Å². The van der Waals surface area contributed by atoms with E-state index in [-0.39, 0.29) is 6.79 Å². The van der Waals surface area contributed by atoms with E-state index in [0.717, 1.165) is 31.6 Å². The summed E-state index contributed by atoms with van der Waals surface area (Å²) >= 11 is 0. The number of unbranched alkanes of at least 4 members (excludes halogenated alkanes) is 9. The van der Waals surface area contributed by atoms with Gasteiger partial charge in [-0.2, -0.15) is 0 Å². The largest absolute Gasteiger partial charge is 0.491 e. The van der Waals surface area contributed by atoms with Crippen molar-refractivity contribution in [1.29, 1.82) is 0 Å². The molecule has 4 heteroatoms. The van der Waals surface area contributed by atoms with E-state index in [1.165, 1.54) is 57.8 Å². The molecule has 0 saturated carbocycles. The smallest absolute Gasteiger partial charge is 0.321 e. The lowest BCUT2D eigenvalue weighted by Crippen LogP contribution is -2.09. The highest BCUT2D eigenvalue weighted by molar-refractivity contribution is 4.95. The Kier molecular flexibility index (Phi) is 19.7. The molecular weight excluding hydrogens is 328 g/mol. The highest BCUT2D eigenvalue weighted by atomic mass is 16.7. The van der Waals surface area contributed by atoms with Crippen LogP contribution in [0.1, 0.15) is 105 Å². The minimum Gasteiger partial charge on any atom is -0.491 e. The van der Waals surface area contributed by atoms with E-state index in [1.807, 2.05) is 13.8 Å². The van der Waals surface area contributed by atoms with Gasteiger partial charge in [0.2, 0.25) is 0 Å². The Morgan fingerprint density at radius 3 is 1.77 bits per heavy atom. The summed E-state index contributed by atoms with van der Waals surface area (Å²) in [6.45, 7) is 10.6. The van der Waals surface area contributed by atoms with E-state index >= 15 is 0 Å². The summed E-state index contributed by atoms with van der Waals surface area (Å²) < 4.78 is 22.7. The SMILES string of the molecule is CCCCCCCCCCOCOC(OCC)=C(CCCCC)OCC. The van der Waals surface area contributed by atoms with E-state index in [2.05, 4.69) is 13.8 Å². The van der Waals surface area contributed by atoms with Crippen LogP contribution in [-0.2, 0) is 18.9 Å². The minimum atomic E-state index is 0.232. The van der Waals surface area contributed by atoms with Crippen LogP contribution in [0.5, 0.6) is 0 Å². The van der Waals surface area contributed by atoms with Gasteiger partial charge >= 0.3 is 5.95 Å². The van der Waals surface area contributed by atoms with Crippen LogP contribution in [0, 0.1) is 0 Å². The lowest BCUT2D eigenvalue weighted by atomic mass is 10.1. The van der Waals surface area contributed by atoms with Crippen LogP contribution < -0.4 is 0 Å². The lowest BCUT2D eigenvalue weighted by Gasteiger charge is -2.16. The van der Waals surface area contributed by atoms with Gasteiger partial charge in [0, 0.05) is 6.42 Å². The van der Waals surface area contributed by atoms with Gasteiger partial charge in [0.05, 0.1) is 19.8 Å². The van der Waals surface area contributed by atoms with E-state index in [1.54, 1.807) is 0 Å². The molecule has 0 aromatic rings. The van der Waals surface area contributed by atoms with Crippen LogP contribution in [0.15, 0.2) is 11.7 Å². The van der Waals surface area contributed by atoms with Crippen LogP contribution >= 0.6 is 0 Å². The molecule has 0 spiro atoms. The maximum Gasteiger partial charge on any atom is 0.321 e. The first kappa shape index (κ1) is 25.1. The predicted molar refractivity (Wildman–Crippen MR) is 109 cm³/mol. The predicted octanol–water partition coefficient (Wildman–Crippen LogP) is 6.94. The van der Waals surface area contributed by atoms with Gasteiger partial charge in [0.1, 0.15) is 0 Å². The molecule has 4 nitrogen and oxygen atoms in total. The Balaban J connectivity index is 3.94. The van der Waals surface area contributed by atoms with Crippen molar-refractivity contribution in [3.8, 4) is 0 Å². The number of rotatable bonds is 20. The normalized spacial score (nSPS) is 12.0. The summed E-state index contributed by atoms with van der Waals surface area (Å²) in [6, 6.07) is 0. The summed E-state index contributed by atoms with van der Waals surface area (Å²) in [5, 5.41) is 0. The molecule has 0 unspecified atom stereocenters. The van der Waals surface area contributed by atoms with Crippen LogP contribution in [0.3, 0.4) is 0 Å². The fourth-order valence-electron chi connectivity index (χ4n) is 2.77. The average Bonchev–Trinajstić information content (AvgIpc) is 2.65. The molecule has 156 valence electrons. The van der Waals surface area contributed by atoms with Gasteiger partial charge in [-0.25, -0.2) is 0 Å². The first-order chi connectivity index (χ1) is 12.8. The molecule has 0 atom stereocenters. The van der Waals surface area contributed by atoms with Gasteiger partial charge in [-0.15, -0.1) is 0 Å². The molecule has 0 saturated heterocycles. The van der Waals surface area contributed by atoms with Crippen molar-refractivity contribution in [3.63, 3.8) is 0 Å². The second kappa shape index (κ2) is 20.4. The van der Waals surface area contributed by atoms with Crippen molar-refractivity contribution in [2.75, 3.05) is 26.6 Å². The van der Waals surface area contributed by atoms with E-state index < -0.39 is 0 Å². The Labute approximate surface area is 162 Å². The monoisotopic (exact) mass is 372 g/mol. The summed E-state index contributed by atoms with van der Waals surface area (Å²) in [5.74, 6) is 1.32. The second-order valence-corrected chi connectivity index (χ2v) is 6.68. The van der Waals surface area contributed by atoms with Crippen LogP contribution in [0.25, 0.3) is 0 Å². The molecule has 0 amide bonds. The molecule has 0 aliphatic heterocycles. The van der Waals surface area contributed by atoms with Crippen molar-refractivity contribution in [3.05, 3.63) is 11.7 Å². The van der Waals surface area contributed by atoms with Gasteiger partial charge in [-0.3, -0.25) is 0 Å². The summed E-state index contributed by atoms with van der Waals surface area (Å²) in [4.78, 5) is 0. The number of hydrogen-bond acceptors (Lipinski definition) is 4. The zero-order chi connectivity index (χ0) is 19.3. The maximum atomic E-state index is 5.73. The molecule has 0 heterocycles. The second-order valence-electron chi connectivity index (χ2n) is 6.68. The first-order valence-corrected chi connectivity index (χ1v) is 11.0. The highest BCUT2D eigenvalue weighted by Gasteiger charge is 2.11. The molecule has 0 bridgehead atoms. The third kappa shape index (κ3) is 15.4. The summed E-state index contributed by atoms with van der Waals surface area (Å²) in [7, 11) is 0. The fourth-order valence-corrected chi connectivity index (χ4v) is 2.77. The summed E-state index contributed by atoms with van der Waals surface area (Å²) in [5.41, 5.74) is 0. The van der Waals surface area contributed by atoms with Crippen molar-refractivity contribution in [2.45, 2.75) is 105 Å². The molecule has 26 heavy (non-hydrogen) atoms. The van der Waals surface area contributed by atoms with Gasteiger partial charge in [0.15, 0.2) is 12.6 Å². The fraction of sp³-hybridized carbons (Fsp3) is 0.909. The van der Waals surface area contributed by atoms with E-state index in [4.69, 9.17) is 18.9 Å². The van der Waals surface area contributed by atoms with Gasteiger partial charge in [-0.05, 0) is 26.7 Å². The molecule has 0 aliphatic carbocycles. The highest BCUT2D eigenvalue weighted by Crippen LogP contribution is 2.18. The zero-order valence-electron chi connectivity index (χ0n) is 17.9. The lowest BCUT2D eigenvalue weighted by molar-refractivity contribution is -0.0823. The van der Waals surface area contributed by atoms with Gasteiger partial charge < -0.3 is 18.9 Å². The number of hydrogen-bond donors (Lipinski definition) is 0. The first-order valence-electron chi connectivity index (χ1n) is 11.0. The average molecular weight is 373 g/mol. The Bertz CT molecular complexity index is 315. The van der Waals surface area contributed by atoms with Crippen LogP contribution in [0.2, 0.25) is 0 Å². The topological polar surface area (TPSA) is 36.9 Å². The third-order valence-corrected chi connectivity index (χ3v) is 4.24. The molecule has 0 aromatic heterocycles. The molecule has 0 aromatic carbocycles. The quantitative estimate of drug-likeness (QED) is 0.132. The number of allylic oxidation sites excluding steroid dienone is 1. The number of ether oxygens (including phenoxy) is 4. The van der Waals surface area contributed by atoms with E-state index in [9.17, 15) is 0 Å². The molecule has 0 N–H and O–H groups in total. The van der Waals surface area contributed by atoms with Crippen molar-refractivity contribution in [2.24, 2.45) is 0 Å². The van der Waals surface area contributed by atoms with Gasteiger partial charge in [-0.1, -0.05) is 71.6 Å². The molecule has 0 fully saturated rings. The van der Waals surface area contributed by atoms with Gasteiger partial charge in [0.25, 0.3) is 0 Å². The Morgan fingerprint density at radius 2 is 1.15 bits per heavy atom. The van der Waals surface area contributed by atoms with Crippen molar-refractivity contribution >= 4 is 0 Å². The minimum absolute atomic E-state index is 0.232. The molecule has 0 rings (SSSR count). The van der Waals surface area contributed by atoms with Crippen molar-refractivity contribution < 1.29 is 18.9 Å². The maximum absolute atomic E-state index is 5.73.